The van der Waals surface area contributed by atoms with Crippen molar-refractivity contribution in [2.24, 2.45) is 0 Å². The first-order valence-electron chi connectivity index (χ1n) is 9.80. The van der Waals surface area contributed by atoms with Gasteiger partial charge in [0.15, 0.2) is 0 Å². The minimum absolute atomic E-state index is 0.259. The zero-order valence-corrected chi connectivity index (χ0v) is 17.9. The summed E-state index contributed by atoms with van der Waals surface area (Å²) in [6.45, 7) is 0. The number of carbonyl (C=O) groups is 2. The summed E-state index contributed by atoms with van der Waals surface area (Å²) in [5.74, 6) is -1.24. The van der Waals surface area contributed by atoms with E-state index in [1.807, 2.05) is 0 Å². The van der Waals surface area contributed by atoms with Crippen molar-refractivity contribution >= 4 is 23.7 Å². The monoisotopic (exact) mass is 462 g/mol. The van der Waals surface area contributed by atoms with Gasteiger partial charge in [0.05, 0.1) is 11.1 Å². The molecule has 0 radical (unpaired) electrons. The van der Waals surface area contributed by atoms with Gasteiger partial charge < -0.3 is 9.47 Å². The summed E-state index contributed by atoms with van der Waals surface area (Å²) in [6.07, 6.45) is 0. The molecule has 0 amide bonds. The molecule has 0 aliphatic carbocycles. The van der Waals surface area contributed by atoms with Gasteiger partial charge in [0.1, 0.15) is 23.1 Å². The number of rotatable bonds is 6. The highest BCUT2D eigenvalue weighted by molar-refractivity contribution is 7.99. The molecule has 4 nitrogen and oxygen atoms in total. The van der Waals surface area contributed by atoms with Crippen molar-refractivity contribution in [2.75, 3.05) is 0 Å². The van der Waals surface area contributed by atoms with Gasteiger partial charge in [-0.1, -0.05) is 11.8 Å². The Morgan fingerprint density at radius 1 is 0.515 bits per heavy atom. The van der Waals surface area contributed by atoms with Crippen LogP contribution >= 0.6 is 11.8 Å². The second kappa shape index (κ2) is 10.1. The van der Waals surface area contributed by atoms with E-state index >= 15 is 0 Å². The number of hydrogen-bond acceptors (Lipinski definition) is 5. The second-order valence-corrected chi connectivity index (χ2v) is 7.98. The number of hydrogen-bond donors (Lipinski definition) is 0. The van der Waals surface area contributed by atoms with E-state index in [1.165, 1.54) is 60.3 Å². The van der Waals surface area contributed by atoms with E-state index in [9.17, 15) is 18.4 Å². The van der Waals surface area contributed by atoms with Gasteiger partial charge in [-0.2, -0.15) is 0 Å². The Bertz CT molecular complexity index is 1150. The maximum absolute atomic E-state index is 13.0. The third-order valence-corrected chi connectivity index (χ3v) is 5.48. The molecule has 33 heavy (non-hydrogen) atoms. The van der Waals surface area contributed by atoms with Crippen LogP contribution in [0.2, 0.25) is 0 Å². The van der Waals surface area contributed by atoms with Crippen molar-refractivity contribution in [3.05, 3.63) is 120 Å². The number of ether oxygens (including phenoxy) is 2. The van der Waals surface area contributed by atoms with E-state index < -0.39 is 23.6 Å². The van der Waals surface area contributed by atoms with Gasteiger partial charge in [0, 0.05) is 9.79 Å². The third kappa shape index (κ3) is 6.05. The number of esters is 2. The molecule has 0 atom stereocenters. The fourth-order valence-electron chi connectivity index (χ4n) is 2.79. The molecule has 4 aromatic carbocycles. The molecule has 0 fully saturated rings. The molecular weight excluding hydrogens is 446 g/mol. The van der Waals surface area contributed by atoms with Crippen molar-refractivity contribution in [1.29, 1.82) is 0 Å². The highest BCUT2D eigenvalue weighted by Crippen LogP contribution is 2.30. The van der Waals surface area contributed by atoms with Gasteiger partial charge >= 0.3 is 11.9 Å². The molecule has 0 N–H and O–H groups in total. The van der Waals surface area contributed by atoms with E-state index in [0.717, 1.165) is 9.79 Å². The summed E-state index contributed by atoms with van der Waals surface area (Å²) in [6, 6.07) is 24.2. The Morgan fingerprint density at radius 2 is 0.848 bits per heavy atom. The van der Waals surface area contributed by atoms with Crippen LogP contribution in [0.3, 0.4) is 0 Å². The van der Waals surface area contributed by atoms with Crippen molar-refractivity contribution in [3.63, 3.8) is 0 Å². The van der Waals surface area contributed by atoms with Crippen LogP contribution in [0.15, 0.2) is 107 Å². The Balaban J connectivity index is 1.33. The molecule has 0 aliphatic rings. The van der Waals surface area contributed by atoms with Crippen LogP contribution in [0.25, 0.3) is 0 Å². The Hall–Kier alpha value is -3.97. The van der Waals surface area contributed by atoms with Crippen molar-refractivity contribution in [3.8, 4) is 11.5 Å². The highest BCUT2D eigenvalue weighted by Gasteiger charge is 2.10. The predicted octanol–water partition coefficient (Wildman–Crippen LogP) is 6.55. The molecule has 0 aliphatic heterocycles. The first-order chi connectivity index (χ1) is 16.0. The Morgan fingerprint density at radius 3 is 1.18 bits per heavy atom. The summed E-state index contributed by atoms with van der Waals surface area (Å²) in [4.78, 5) is 26.0. The molecule has 0 heterocycles. The SMILES string of the molecule is O=C(Oc1ccc(Sc2ccc(OC(=O)c3ccc(F)cc3)cc2)cc1)c1ccc(F)cc1. The van der Waals surface area contributed by atoms with E-state index in [4.69, 9.17) is 9.47 Å². The largest absolute Gasteiger partial charge is 0.423 e. The van der Waals surface area contributed by atoms with Gasteiger partial charge in [-0.05, 0) is 97.1 Å². The highest BCUT2D eigenvalue weighted by atomic mass is 32.2. The first kappa shape index (κ1) is 22.2. The first-order valence-corrected chi connectivity index (χ1v) is 10.6. The summed E-state index contributed by atoms with van der Waals surface area (Å²) < 4.78 is 36.5. The molecule has 0 saturated carbocycles. The standard InChI is InChI=1S/C26H16F2O4S/c27-19-5-1-17(2-6-19)25(29)31-21-9-13-23(14-10-21)33-24-15-11-22(12-16-24)32-26(30)18-3-7-20(28)8-4-18/h1-16H. The normalized spacial score (nSPS) is 10.5. The molecule has 4 rings (SSSR count). The topological polar surface area (TPSA) is 52.6 Å². The quantitative estimate of drug-likeness (QED) is 0.240. The van der Waals surface area contributed by atoms with Crippen LogP contribution in [0.1, 0.15) is 20.7 Å². The molecule has 0 unspecified atom stereocenters. The summed E-state index contributed by atoms with van der Waals surface area (Å²) in [7, 11) is 0. The van der Waals surface area contributed by atoms with Crippen LogP contribution in [-0.4, -0.2) is 11.9 Å². The van der Waals surface area contributed by atoms with Gasteiger partial charge in [-0.3, -0.25) is 0 Å². The number of benzene rings is 4. The zero-order valence-electron chi connectivity index (χ0n) is 17.0. The van der Waals surface area contributed by atoms with Gasteiger partial charge in [-0.15, -0.1) is 0 Å². The van der Waals surface area contributed by atoms with Gasteiger partial charge in [-0.25, -0.2) is 18.4 Å². The lowest BCUT2D eigenvalue weighted by molar-refractivity contribution is 0.0725. The fourth-order valence-corrected chi connectivity index (χ4v) is 3.61. The minimum atomic E-state index is -0.568. The van der Waals surface area contributed by atoms with Gasteiger partial charge in [0.25, 0.3) is 0 Å². The minimum Gasteiger partial charge on any atom is -0.423 e. The molecule has 7 heteroatoms. The summed E-state index contributed by atoms with van der Waals surface area (Å²) in [5.41, 5.74) is 0.519. The lowest BCUT2D eigenvalue weighted by Crippen LogP contribution is -2.08. The molecule has 4 aromatic rings. The molecule has 0 bridgehead atoms. The molecular formula is C26H16F2O4S. The van der Waals surface area contributed by atoms with Crippen LogP contribution < -0.4 is 9.47 Å². The molecule has 0 saturated heterocycles. The molecule has 0 aromatic heterocycles. The maximum Gasteiger partial charge on any atom is 0.343 e. The van der Waals surface area contributed by atoms with Crippen LogP contribution in [0, 0.1) is 11.6 Å². The lowest BCUT2D eigenvalue weighted by atomic mass is 10.2. The van der Waals surface area contributed by atoms with Crippen molar-refractivity contribution in [1.82, 2.24) is 0 Å². The summed E-state index contributed by atoms with van der Waals surface area (Å²) in [5, 5.41) is 0. The predicted molar refractivity (Wildman–Crippen MR) is 120 cm³/mol. The van der Waals surface area contributed by atoms with E-state index in [-0.39, 0.29) is 11.1 Å². The lowest BCUT2D eigenvalue weighted by Gasteiger charge is -2.07. The van der Waals surface area contributed by atoms with Crippen molar-refractivity contribution < 1.29 is 27.8 Å². The molecule has 164 valence electrons. The van der Waals surface area contributed by atoms with E-state index in [2.05, 4.69) is 0 Å². The Kier molecular flexibility index (Phi) is 6.80. The number of halogens is 2. The fraction of sp³-hybridized carbons (Fsp3) is 0. The average Bonchev–Trinajstić information content (AvgIpc) is 2.82. The Labute approximate surface area is 192 Å². The van der Waals surface area contributed by atoms with Crippen molar-refractivity contribution in [2.45, 2.75) is 9.79 Å². The third-order valence-electron chi connectivity index (χ3n) is 4.46. The van der Waals surface area contributed by atoms with Crippen LogP contribution in [-0.2, 0) is 0 Å². The number of carbonyl (C=O) groups excluding carboxylic acids is 2. The smallest absolute Gasteiger partial charge is 0.343 e. The zero-order chi connectivity index (χ0) is 23.2. The van der Waals surface area contributed by atoms with Crippen LogP contribution in [0.5, 0.6) is 11.5 Å². The summed E-state index contributed by atoms with van der Waals surface area (Å²) >= 11 is 1.47. The van der Waals surface area contributed by atoms with E-state index in [1.54, 1.807) is 48.5 Å². The van der Waals surface area contributed by atoms with E-state index in [0.29, 0.717) is 11.5 Å². The second-order valence-electron chi connectivity index (χ2n) is 6.84. The maximum atomic E-state index is 13.0. The average molecular weight is 462 g/mol. The molecule has 0 spiro atoms. The van der Waals surface area contributed by atoms with Crippen LogP contribution in [0.4, 0.5) is 8.78 Å². The van der Waals surface area contributed by atoms with Gasteiger partial charge in [0.2, 0.25) is 0 Å².